The van der Waals surface area contributed by atoms with E-state index < -0.39 is 0 Å². The number of hydrogen-bond donors (Lipinski definition) is 2. The van der Waals surface area contributed by atoms with Crippen molar-refractivity contribution in [3.8, 4) is 0 Å². The van der Waals surface area contributed by atoms with Crippen LogP contribution >= 0.6 is 0 Å². The molecule has 19 heavy (non-hydrogen) atoms. The van der Waals surface area contributed by atoms with Gasteiger partial charge < -0.3 is 20.1 Å². The second-order valence-electron chi connectivity index (χ2n) is 4.94. The van der Waals surface area contributed by atoms with Crippen LogP contribution < -0.4 is 10.6 Å². The van der Waals surface area contributed by atoms with Gasteiger partial charge in [-0.3, -0.25) is 4.79 Å². The first kappa shape index (κ1) is 18.4. The van der Waals surface area contributed by atoms with Gasteiger partial charge in [0.2, 0.25) is 5.91 Å². The fraction of sp³-hybridized carbons (Fsp3) is 0.929. The quantitative estimate of drug-likeness (QED) is 0.527. The third-order valence-corrected chi connectivity index (χ3v) is 2.69. The van der Waals surface area contributed by atoms with E-state index in [1.54, 1.807) is 7.11 Å². The van der Waals surface area contributed by atoms with Gasteiger partial charge in [-0.25, -0.2) is 0 Å². The van der Waals surface area contributed by atoms with Crippen molar-refractivity contribution in [2.45, 2.75) is 52.2 Å². The number of carbonyl (C=O) groups is 1. The van der Waals surface area contributed by atoms with Crippen molar-refractivity contribution in [3.63, 3.8) is 0 Å². The van der Waals surface area contributed by atoms with Crippen LogP contribution in [0.5, 0.6) is 0 Å². The molecular formula is C14H30N2O3. The number of unbranched alkanes of at least 4 members (excludes halogenated alkanes) is 1. The van der Waals surface area contributed by atoms with Gasteiger partial charge in [0.05, 0.1) is 12.1 Å². The van der Waals surface area contributed by atoms with Crippen molar-refractivity contribution in [2.75, 3.05) is 33.4 Å². The highest BCUT2D eigenvalue weighted by atomic mass is 16.5. The van der Waals surface area contributed by atoms with Gasteiger partial charge in [-0.2, -0.15) is 0 Å². The molecule has 0 aliphatic rings. The predicted molar refractivity (Wildman–Crippen MR) is 77.3 cm³/mol. The highest BCUT2D eigenvalue weighted by molar-refractivity contribution is 5.81. The molecule has 0 spiro atoms. The number of ether oxygens (including phenoxy) is 2. The first-order valence-corrected chi connectivity index (χ1v) is 7.19. The van der Waals surface area contributed by atoms with Crippen molar-refractivity contribution in [3.05, 3.63) is 0 Å². The maximum Gasteiger partial charge on any atom is 0.236 e. The van der Waals surface area contributed by atoms with Crippen molar-refractivity contribution in [1.29, 1.82) is 0 Å². The Balaban J connectivity index is 3.41. The molecular weight excluding hydrogens is 244 g/mol. The summed E-state index contributed by atoms with van der Waals surface area (Å²) in [6, 6.07) is -0.145. The monoisotopic (exact) mass is 274 g/mol. The van der Waals surface area contributed by atoms with Crippen LogP contribution in [0.2, 0.25) is 0 Å². The molecule has 0 aliphatic heterocycles. The van der Waals surface area contributed by atoms with Gasteiger partial charge in [-0.1, -0.05) is 0 Å². The molecule has 0 bridgehead atoms. The number of rotatable bonds is 12. The van der Waals surface area contributed by atoms with Crippen molar-refractivity contribution in [2.24, 2.45) is 0 Å². The summed E-state index contributed by atoms with van der Waals surface area (Å²) in [5, 5.41) is 6.09. The van der Waals surface area contributed by atoms with Gasteiger partial charge in [0, 0.05) is 26.9 Å². The Morgan fingerprint density at radius 3 is 2.42 bits per heavy atom. The summed E-state index contributed by atoms with van der Waals surface area (Å²) in [4.78, 5) is 11.7. The lowest BCUT2D eigenvalue weighted by Crippen LogP contribution is -2.43. The van der Waals surface area contributed by atoms with Gasteiger partial charge in [0.1, 0.15) is 0 Å². The number of carbonyl (C=O) groups excluding carboxylic acids is 1. The fourth-order valence-electron chi connectivity index (χ4n) is 1.54. The maximum absolute atomic E-state index is 11.7. The summed E-state index contributed by atoms with van der Waals surface area (Å²) in [7, 11) is 1.66. The average Bonchev–Trinajstić information content (AvgIpc) is 2.37. The van der Waals surface area contributed by atoms with Crippen molar-refractivity contribution >= 4 is 5.91 Å². The summed E-state index contributed by atoms with van der Waals surface area (Å²) in [5.74, 6) is 0.0505. The molecule has 0 rings (SSSR count). The van der Waals surface area contributed by atoms with Crippen LogP contribution in [0, 0.1) is 0 Å². The lowest BCUT2D eigenvalue weighted by atomic mass is 10.2. The Morgan fingerprint density at radius 1 is 1.05 bits per heavy atom. The van der Waals surface area contributed by atoms with Gasteiger partial charge in [-0.15, -0.1) is 0 Å². The Hall–Kier alpha value is -0.650. The first-order valence-electron chi connectivity index (χ1n) is 7.19. The second-order valence-corrected chi connectivity index (χ2v) is 4.94. The number of methoxy groups -OCH3 is 1. The minimum atomic E-state index is -0.145. The summed E-state index contributed by atoms with van der Waals surface area (Å²) in [6.45, 7) is 8.93. The topological polar surface area (TPSA) is 59.6 Å². The van der Waals surface area contributed by atoms with Gasteiger partial charge in [0.15, 0.2) is 0 Å². The van der Waals surface area contributed by atoms with Crippen LogP contribution in [0.25, 0.3) is 0 Å². The third-order valence-electron chi connectivity index (χ3n) is 2.69. The number of hydrogen-bond acceptors (Lipinski definition) is 4. The SMILES string of the molecule is COCCCNC(=O)C(C)NCCCCOC(C)C. The molecule has 114 valence electrons. The molecule has 0 fully saturated rings. The van der Waals surface area contributed by atoms with E-state index in [4.69, 9.17) is 9.47 Å². The molecule has 1 atom stereocenters. The van der Waals surface area contributed by atoms with E-state index in [1.165, 1.54) is 0 Å². The lowest BCUT2D eigenvalue weighted by molar-refractivity contribution is -0.122. The standard InChI is InChI=1S/C14H30N2O3/c1-12(2)19-11-6-5-8-15-13(3)14(17)16-9-7-10-18-4/h12-13,15H,5-11H2,1-4H3,(H,16,17). The van der Waals surface area contributed by atoms with Crippen LogP contribution in [0.1, 0.15) is 40.0 Å². The van der Waals surface area contributed by atoms with Crippen LogP contribution in [-0.2, 0) is 14.3 Å². The molecule has 0 aliphatic carbocycles. The van der Waals surface area contributed by atoms with E-state index in [9.17, 15) is 4.79 Å². The number of nitrogens with one attached hydrogen (secondary N) is 2. The Morgan fingerprint density at radius 2 is 1.79 bits per heavy atom. The van der Waals surface area contributed by atoms with Gasteiger partial charge in [-0.05, 0) is 46.6 Å². The summed E-state index contributed by atoms with van der Waals surface area (Å²) >= 11 is 0. The molecule has 2 N–H and O–H groups in total. The molecule has 0 aromatic rings. The zero-order valence-corrected chi connectivity index (χ0v) is 12.8. The molecule has 0 radical (unpaired) electrons. The Kier molecular flexibility index (Phi) is 12.0. The molecule has 0 saturated heterocycles. The molecule has 0 aromatic heterocycles. The smallest absolute Gasteiger partial charge is 0.236 e. The molecule has 5 heteroatoms. The zero-order chi connectivity index (χ0) is 14.5. The Bertz CT molecular complexity index is 223. The molecule has 5 nitrogen and oxygen atoms in total. The Labute approximate surface area is 117 Å². The lowest BCUT2D eigenvalue weighted by Gasteiger charge is -2.14. The fourth-order valence-corrected chi connectivity index (χ4v) is 1.54. The highest BCUT2D eigenvalue weighted by Gasteiger charge is 2.10. The largest absolute Gasteiger partial charge is 0.385 e. The third kappa shape index (κ3) is 12.1. The van der Waals surface area contributed by atoms with E-state index in [-0.39, 0.29) is 11.9 Å². The summed E-state index contributed by atoms with van der Waals surface area (Å²) in [5.41, 5.74) is 0. The first-order chi connectivity index (χ1) is 9.07. The van der Waals surface area contributed by atoms with E-state index in [0.717, 1.165) is 32.4 Å². The average molecular weight is 274 g/mol. The predicted octanol–water partition coefficient (Wildman–Crippen LogP) is 1.32. The molecule has 0 saturated carbocycles. The summed E-state index contributed by atoms with van der Waals surface area (Å²) < 4.78 is 10.4. The van der Waals surface area contributed by atoms with E-state index in [0.29, 0.717) is 19.3 Å². The normalized spacial score (nSPS) is 12.7. The molecule has 0 heterocycles. The van der Waals surface area contributed by atoms with Gasteiger partial charge >= 0.3 is 0 Å². The van der Waals surface area contributed by atoms with Crippen LogP contribution in [0.15, 0.2) is 0 Å². The number of amides is 1. The highest BCUT2D eigenvalue weighted by Crippen LogP contribution is 1.94. The minimum Gasteiger partial charge on any atom is -0.385 e. The molecule has 0 aromatic carbocycles. The van der Waals surface area contributed by atoms with Crippen LogP contribution in [0.4, 0.5) is 0 Å². The molecule has 1 unspecified atom stereocenters. The van der Waals surface area contributed by atoms with E-state index in [2.05, 4.69) is 10.6 Å². The molecule has 1 amide bonds. The minimum absolute atomic E-state index is 0.0505. The van der Waals surface area contributed by atoms with Crippen LogP contribution in [0.3, 0.4) is 0 Å². The maximum atomic E-state index is 11.7. The zero-order valence-electron chi connectivity index (χ0n) is 12.8. The van der Waals surface area contributed by atoms with Crippen molar-refractivity contribution in [1.82, 2.24) is 10.6 Å². The summed E-state index contributed by atoms with van der Waals surface area (Å²) in [6.07, 6.45) is 3.19. The van der Waals surface area contributed by atoms with E-state index in [1.807, 2.05) is 20.8 Å². The van der Waals surface area contributed by atoms with Crippen molar-refractivity contribution < 1.29 is 14.3 Å². The van der Waals surface area contributed by atoms with Gasteiger partial charge in [0.25, 0.3) is 0 Å². The second kappa shape index (κ2) is 12.4. The van der Waals surface area contributed by atoms with E-state index >= 15 is 0 Å². The van der Waals surface area contributed by atoms with Crippen LogP contribution in [-0.4, -0.2) is 51.5 Å².